The first-order chi connectivity index (χ1) is 17.8. The maximum Gasteiger partial charge on any atom is 0.310 e. The fraction of sp³-hybridized carbons (Fsp3) is 0.462. The predicted octanol–water partition coefficient (Wildman–Crippen LogP) is 4.71. The van der Waals surface area contributed by atoms with Gasteiger partial charge in [0.05, 0.1) is 16.1 Å². The van der Waals surface area contributed by atoms with Gasteiger partial charge in [-0.15, -0.1) is 0 Å². The van der Waals surface area contributed by atoms with E-state index < -0.39 is 28.6 Å². The van der Waals surface area contributed by atoms with Crippen molar-refractivity contribution in [1.82, 2.24) is 25.1 Å². The van der Waals surface area contributed by atoms with Gasteiger partial charge in [-0.25, -0.2) is 18.7 Å². The molecule has 1 aliphatic rings. The molecule has 4 N–H and O–H groups in total. The van der Waals surface area contributed by atoms with Gasteiger partial charge in [0.2, 0.25) is 5.95 Å². The minimum atomic E-state index is -1.65. The zero-order chi connectivity index (χ0) is 27.8. The quantitative estimate of drug-likeness (QED) is 0.319. The Bertz CT molecular complexity index is 1350. The first-order valence-electron chi connectivity index (χ1n) is 12.3. The number of hydrogen-bond donors (Lipinski definition) is 4. The Kier molecular flexibility index (Phi) is 7.74. The van der Waals surface area contributed by atoms with Crippen LogP contribution in [0.5, 0.6) is 0 Å². The van der Waals surface area contributed by atoms with Gasteiger partial charge in [0.15, 0.2) is 11.6 Å². The molecule has 2 aromatic heterocycles. The van der Waals surface area contributed by atoms with Crippen LogP contribution in [0.25, 0.3) is 0 Å². The van der Waals surface area contributed by atoms with Crippen LogP contribution >= 0.6 is 11.6 Å². The number of carbonyl (C=O) groups is 1. The lowest BCUT2D eigenvalue weighted by molar-refractivity contribution is -0.153. The second-order valence-electron chi connectivity index (χ2n) is 10.5. The molecule has 0 aliphatic carbocycles. The van der Waals surface area contributed by atoms with Crippen LogP contribution < -0.4 is 5.32 Å². The summed E-state index contributed by atoms with van der Waals surface area (Å²) in [6, 6.07) is 6.25. The predicted molar refractivity (Wildman–Crippen MR) is 138 cm³/mol. The molecule has 0 radical (unpaired) electrons. The fourth-order valence-electron chi connectivity index (χ4n) is 4.92. The van der Waals surface area contributed by atoms with Gasteiger partial charge in [-0.1, -0.05) is 23.7 Å². The minimum absolute atomic E-state index is 0.00696. The molecule has 0 amide bonds. The highest BCUT2D eigenvalue weighted by Crippen LogP contribution is 2.40. The Hall–Kier alpha value is -3.15. The molecular formula is C26H31ClF2N6O3. The molecule has 0 bridgehead atoms. The van der Waals surface area contributed by atoms with Gasteiger partial charge in [0, 0.05) is 36.3 Å². The normalized spacial score (nSPS) is 20.5. The van der Waals surface area contributed by atoms with E-state index in [-0.39, 0.29) is 54.2 Å². The van der Waals surface area contributed by atoms with Crippen LogP contribution in [0.3, 0.4) is 0 Å². The number of aliphatic hydroxyl groups is 1. The number of rotatable bonds is 8. The number of nitrogens with one attached hydrogen (secondary N) is 2. The van der Waals surface area contributed by atoms with Crippen molar-refractivity contribution >= 4 is 29.3 Å². The van der Waals surface area contributed by atoms with Crippen molar-refractivity contribution in [2.24, 2.45) is 5.41 Å². The van der Waals surface area contributed by atoms with Crippen LogP contribution in [0.1, 0.15) is 56.3 Å². The van der Waals surface area contributed by atoms with Gasteiger partial charge >= 0.3 is 5.97 Å². The first kappa shape index (κ1) is 27.9. The zero-order valence-electron chi connectivity index (χ0n) is 21.6. The van der Waals surface area contributed by atoms with E-state index in [1.807, 2.05) is 18.7 Å². The van der Waals surface area contributed by atoms with E-state index in [0.29, 0.717) is 17.9 Å². The van der Waals surface area contributed by atoms with E-state index in [4.69, 9.17) is 11.6 Å². The average Bonchev–Trinajstić information content (AvgIpc) is 3.24. The van der Waals surface area contributed by atoms with Crippen molar-refractivity contribution in [3.63, 3.8) is 0 Å². The maximum atomic E-state index is 15.6. The number of piperidine rings is 1. The topological polar surface area (TPSA) is 127 Å². The molecule has 1 aromatic carbocycles. The molecule has 4 rings (SSSR count). The van der Waals surface area contributed by atoms with Gasteiger partial charge in [0.25, 0.3) is 0 Å². The summed E-state index contributed by atoms with van der Waals surface area (Å²) >= 11 is 5.92. The van der Waals surface area contributed by atoms with Crippen molar-refractivity contribution in [3.8, 4) is 0 Å². The summed E-state index contributed by atoms with van der Waals surface area (Å²) in [6.45, 7) is 7.08. The van der Waals surface area contributed by atoms with Crippen molar-refractivity contribution < 1.29 is 23.8 Å². The summed E-state index contributed by atoms with van der Waals surface area (Å²) in [5, 5.41) is 30.7. The number of H-pyrrole nitrogens is 1. The van der Waals surface area contributed by atoms with E-state index in [1.165, 1.54) is 19.9 Å². The molecule has 12 heteroatoms. The standard InChI is InChI=1S/C26H31ClF2N6O3/c1-14-10-19(34-33-14)31-24-30-18(21(29)22(32-24)25(3,4)38)12-26(23(36)37)8-9-35(15(2)11-26)13-16-6-5-7-17(27)20(16)28/h5-7,10,15,38H,8-9,11-13H2,1-4H3,(H,36,37)(H2,30,31,32,33,34)/t15-,26-/m1/s1. The van der Waals surface area contributed by atoms with Crippen LogP contribution in [-0.4, -0.2) is 53.8 Å². The van der Waals surface area contributed by atoms with Crippen molar-refractivity contribution in [1.29, 1.82) is 0 Å². The molecule has 1 fully saturated rings. The van der Waals surface area contributed by atoms with Gasteiger partial charge in [-0.2, -0.15) is 5.10 Å². The van der Waals surface area contributed by atoms with Gasteiger partial charge in [0.1, 0.15) is 17.1 Å². The number of likely N-dealkylation sites (tertiary alicyclic amines) is 1. The number of carboxylic acids is 1. The Morgan fingerprint density at radius 1 is 1.32 bits per heavy atom. The molecule has 0 saturated carbocycles. The minimum Gasteiger partial charge on any atom is -0.481 e. The molecule has 3 aromatic rings. The number of hydrogen-bond acceptors (Lipinski definition) is 7. The van der Waals surface area contributed by atoms with E-state index >= 15 is 4.39 Å². The smallest absolute Gasteiger partial charge is 0.310 e. The summed E-state index contributed by atoms with van der Waals surface area (Å²) in [7, 11) is 0. The molecule has 1 aliphatic heterocycles. The van der Waals surface area contributed by atoms with Gasteiger partial charge in [-0.3, -0.25) is 14.8 Å². The van der Waals surface area contributed by atoms with Crippen LogP contribution in [0, 0.1) is 24.0 Å². The Balaban J connectivity index is 1.63. The SMILES string of the molecule is Cc1cc(Nc2nc(C[C@@]3(C(=O)O)CCN(Cc4cccc(Cl)c4F)[C@H](C)C3)c(F)c(C(C)(C)O)n2)n[nH]1. The largest absolute Gasteiger partial charge is 0.481 e. The van der Waals surface area contributed by atoms with Crippen molar-refractivity contribution in [2.45, 2.75) is 65.1 Å². The number of aryl methyl sites for hydroxylation is 1. The number of aromatic nitrogens is 4. The molecule has 0 spiro atoms. The first-order valence-corrected chi connectivity index (χ1v) is 12.7. The zero-order valence-corrected chi connectivity index (χ0v) is 22.4. The van der Waals surface area contributed by atoms with E-state index in [0.717, 1.165) is 5.69 Å². The number of aliphatic carboxylic acids is 1. The monoisotopic (exact) mass is 548 g/mol. The summed E-state index contributed by atoms with van der Waals surface area (Å²) in [4.78, 5) is 23.1. The molecular weight excluding hydrogens is 518 g/mol. The number of carboxylic acid groups (broad SMARTS) is 1. The summed E-state index contributed by atoms with van der Waals surface area (Å²) in [6.07, 6.45) is 0.169. The van der Waals surface area contributed by atoms with Crippen LogP contribution in [-0.2, 0) is 23.4 Å². The molecule has 1 saturated heterocycles. The number of halogens is 3. The maximum absolute atomic E-state index is 15.6. The fourth-order valence-corrected chi connectivity index (χ4v) is 5.11. The third kappa shape index (κ3) is 5.79. The summed E-state index contributed by atoms with van der Waals surface area (Å²) in [5.74, 6) is -2.03. The Morgan fingerprint density at radius 3 is 2.66 bits per heavy atom. The van der Waals surface area contributed by atoms with Crippen LogP contribution in [0.4, 0.5) is 20.5 Å². The lowest BCUT2D eigenvalue weighted by atomic mass is 9.72. The molecule has 9 nitrogen and oxygen atoms in total. The second-order valence-corrected chi connectivity index (χ2v) is 10.9. The van der Waals surface area contributed by atoms with E-state index in [9.17, 15) is 19.4 Å². The highest BCUT2D eigenvalue weighted by Gasteiger charge is 2.46. The lowest BCUT2D eigenvalue weighted by Crippen LogP contribution is -2.50. The van der Waals surface area contributed by atoms with E-state index in [1.54, 1.807) is 18.2 Å². The van der Waals surface area contributed by atoms with Gasteiger partial charge in [-0.05, 0) is 53.1 Å². The van der Waals surface area contributed by atoms with Crippen molar-refractivity contribution in [3.05, 3.63) is 63.6 Å². The lowest BCUT2D eigenvalue weighted by Gasteiger charge is -2.43. The number of nitrogens with zero attached hydrogens (tertiary/aromatic N) is 4. The van der Waals surface area contributed by atoms with E-state index in [2.05, 4.69) is 25.5 Å². The van der Waals surface area contributed by atoms with Gasteiger partial charge < -0.3 is 15.5 Å². The number of benzene rings is 1. The summed E-state index contributed by atoms with van der Waals surface area (Å²) < 4.78 is 30.1. The number of aromatic amines is 1. The number of anilines is 2. The Labute approximate surface area is 224 Å². The molecule has 3 heterocycles. The highest BCUT2D eigenvalue weighted by atomic mass is 35.5. The molecule has 38 heavy (non-hydrogen) atoms. The average molecular weight is 549 g/mol. The molecule has 2 atom stereocenters. The summed E-state index contributed by atoms with van der Waals surface area (Å²) in [5.41, 5.74) is -2.13. The molecule has 0 unspecified atom stereocenters. The van der Waals surface area contributed by atoms with Crippen LogP contribution in [0.2, 0.25) is 5.02 Å². The highest BCUT2D eigenvalue weighted by molar-refractivity contribution is 6.30. The van der Waals surface area contributed by atoms with Crippen molar-refractivity contribution in [2.75, 3.05) is 11.9 Å². The van der Waals surface area contributed by atoms with Crippen LogP contribution in [0.15, 0.2) is 24.3 Å². The molecule has 204 valence electrons. The third-order valence-corrected chi connectivity index (χ3v) is 7.29. The third-order valence-electron chi connectivity index (χ3n) is 7.00. The second kappa shape index (κ2) is 10.5. The Morgan fingerprint density at radius 2 is 2.05 bits per heavy atom.